The summed E-state index contributed by atoms with van der Waals surface area (Å²) >= 11 is 1.68. The third-order valence-corrected chi connectivity index (χ3v) is 4.94. The zero-order chi connectivity index (χ0) is 14.8. The maximum absolute atomic E-state index is 12.5. The molecule has 0 radical (unpaired) electrons. The first-order chi connectivity index (χ1) is 10.2. The molecule has 0 spiro atoms. The molecule has 0 bridgehead atoms. The summed E-state index contributed by atoms with van der Waals surface area (Å²) in [6, 6.07) is 17.8. The van der Waals surface area contributed by atoms with Crippen LogP contribution in [-0.4, -0.2) is 18.3 Å². The molecule has 0 saturated carbocycles. The molecule has 1 amide bonds. The van der Waals surface area contributed by atoms with Gasteiger partial charge in [-0.3, -0.25) is 9.69 Å². The molecule has 4 heteroatoms. The fourth-order valence-corrected chi connectivity index (χ4v) is 3.75. The smallest absolute Gasteiger partial charge is 0.241 e. The molecule has 2 unspecified atom stereocenters. The highest BCUT2D eigenvalue weighted by Crippen LogP contribution is 2.45. The molecule has 2 aromatic carbocycles. The molecule has 2 aromatic rings. The molecule has 1 heterocycles. The van der Waals surface area contributed by atoms with Gasteiger partial charge in [0.2, 0.25) is 5.91 Å². The van der Waals surface area contributed by atoms with Gasteiger partial charge in [-0.15, -0.1) is 11.8 Å². The summed E-state index contributed by atoms with van der Waals surface area (Å²) in [6.07, 6.45) is 0. The lowest BCUT2D eigenvalue weighted by molar-refractivity contribution is -0.117. The summed E-state index contributed by atoms with van der Waals surface area (Å²) in [4.78, 5) is 14.4. The molecule has 0 N–H and O–H groups in total. The number of carbonyl (C=O) groups is 1. The summed E-state index contributed by atoms with van der Waals surface area (Å²) in [7, 11) is 1.65. The van der Waals surface area contributed by atoms with Crippen molar-refractivity contribution in [2.24, 2.45) is 0 Å². The molecule has 1 aliphatic heterocycles. The number of hydrogen-bond acceptors (Lipinski definition) is 3. The van der Waals surface area contributed by atoms with Crippen LogP contribution in [0.5, 0.6) is 5.75 Å². The van der Waals surface area contributed by atoms with E-state index in [0.717, 1.165) is 17.0 Å². The second-order valence-corrected chi connectivity index (χ2v) is 6.37. The fourth-order valence-electron chi connectivity index (χ4n) is 2.47. The Morgan fingerprint density at radius 2 is 1.71 bits per heavy atom. The lowest BCUT2D eigenvalue weighted by atomic mass is 10.1. The lowest BCUT2D eigenvalue weighted by Gasteiger charge is -2.24. The van der Waals surface area contributed by atoms with E-state index in [1.807, 2.05) is 66.4 Å². The molecule has 3 rings (SSSR count). The molecule has 0 aromatic heterocycles. The highest BCUT2D eigenvalue weighted by atomic mass is 32.2. The van der Waals surface area contributed by atoms with Crippen molar-refractivity contribution >= 4 is 23.4 Å². The van der Waals surface area contributed by atoms with E-state index in [4.69, 9.17) is 4.74 Å². The first-order valence-electron chi connectivity index (χ1n) is 6.88. The van der Waals surface area contributed by atoms with E-state index in [1.165, 1.54) is 0 Å². The number of methoxy groups -OCH3 is 1. The number of para-hydroxylation sites is 1. The van der Waals surface area contributed by atoms with E-state index < -0.39 is 0 Å². The first kappa shape index (κ1) is 14.0. The van der Waals surface area contributed by atoms with Gasteiger partial charge in [-0.1, -0.05) is 30.3 Å². The van der Waals surface area contributed by atoms with E-state index in [9.17, 15) is 4.79 Å². The Morgan fingerprint density at radius 1 is 1.05 bits per heavy atom. The van der Waals surface area contributed by atoms with Crippen LogP contribution in [0.4, 0.5) is 5.69 Å². The van der Waals surface area contributed by atoms with Gasteiger partial charge in [0.1, 0.15) is 11.1 Å². The Morgan fingerprint density at radius 3 is 2.33 bits per heavy atom. The third kappa shape index (κ3) is 2.63. The van der Waals surface area contributed by atoms with Gasteiger partial charge in [-0.05, 0) is 36.8 Å². The van der Waals surface area contributed by atoms with Gasteiger partial charge in [-0.2, -0.15) is 0 Å². The Hall–Kier alpha value is -1.94. The van der Waals surface area contributed by atoms with Crippen LogP contribution in [0, 0.1) is 0 Å². The first-order valence-corrected chi connectivity index (χ1v) is 7.82. The molecule has 1 aliphatic rings. The van der Waals surface area contributed by atoms with Crippen molar-refractivity contribution in [3.63, 3.8) is 0 Å². The third-order valence-electron chi connectivity index (χ3n) is 3.59. The molecule has 0 aliphatic carbocycles. The van der Waals surface area contributed by atoms with Crippen molar-refractivity contribution in [3.05, 3.63) is 60.2 Å². The number of amides is 1. The minimum absolute atomic E-state index is 0.0146. The maximum atomic E-state index is 12.5. The van der Waals surface area contributed by atoms with E-state index in [0.29, 0.717) is 0 Å². The van der Waals surface area contributed by atoms with Crippen molar-refractivity contribution in [3.8, 4) is 5.75 Å². The summed E-state index contributed by atoms with van der Waals surface area (Å²) in [6.45, 7) is 1.96. The van der Waals surface area contributed by atoms with Gasteiger partial charge in [0.25, 0.3) is 0 Å². The fraction of sp³-hybridized carbons (Fsp3) is 0.235. The van der Waals surface area contributed by atoms with Gasteiger partial charge in [0.15, 0.2) is 0 Å². The highest BCUT2D eigenvalue weighted by Gasteiger charge is 2.39. The predicted octanol–water partition coefficient (Wildman–Crippen LogP) is 3.86. The molecular weight excluding hydrogens is 282 g/mol. The highest BCUT2D eigenvalue weighted by molar-refractivity contribution is 8.01. The van der Waals surface area contributed by atoms with Crippen molar-refractivity contribution in [1.82, 2.24) is 0 Å². The standard InChI is InChI=1S/C17H17NO2S/c1-12-16(19)18(14-6-4-3-5-7-14)17(21-12)13-8-10-15(20-2)11-9-13/h3-12,17H,1-2H3. The second kappa shape index (κ2) is 5.82. The summed E-state index contributed by atoms with van der Waals surface area (Å²) in [5.74, 6) is 0.986. The number of ether oxygens (including phenoxy) is 1. The number of nitrogens with zero attached hydrogens (tertiary/aromatic N) is 1. The van der Waals surface area contributed by atoms with Crippen molar-refractivity contribution < 1.29 is 9.53 Å². The van der Waals surface area contributed by atoms with Crippen LogP contribution < -0.4 is 9.64 Å². The zero-order valence-electron chi connectivity index (χ0n) is 12.0. The Balaban J connectivity index is 1.97. The average molecular weight is 299 g/mol. The summed E-state index contributed by atoms with van der Waals surface area (Å²) < 4.78 is 5.20. The molecular formula is C17H17NO2S. The van der Waals surface area contributed by atoms with Gasteiger partial charge >= 0.3 is 0 Å². The van der Waals surface area contributed by atoms with E-state index >= 15 is 0 Å². The minimum atomic E-state index is -0.0303. The van der Waals surface area contributed by atoms with Gasteiger partial charge in [0.05, 0.1) is 12.4 Å². The second-order valence-electron chi connectivity index (χ2n) is 4.95. The number of benzene rings is 2. The zero-order valence-corrected chi connectivity index (χ0v) is 12.8. The van der Waals surface area contributed by atoms with Crippen LogP contribution in [0.3, 0.4) is 0 Å². The predicted molar refractivity (Wildman–Crippen MR) is 86.7 cm³/mol. The van der Waals surface area contributed by atoms with Gasteiger partial charge in [-0.25, -0.2) is 0 Å². The van der Waals surface area contributed by atoms with Crippen LogP contribution in [0.2, 0.25) is 0 Å². The van der Waals surface area contributed by atoms with E-state index in [-0.39, 0.29) is 16.5 Å². The molecule has 2 atom stereocenters. The average Bonchev–Trinajstić information content (AvgIpc) is 2.84. The Kier molecular flexibility index (Phi) is 3.88. The van der Waals surface area contributed by atoms with Crippen LogP contribution in [-0.2, 0) is 4.79 Å². The number of anilines is 1. The van der Waals surface area contributed by atoms with E-state index in [2.05, 4.69) is 0 Å². The quantitative estimate of drug-likeness (QED) is 0.862. The summed E-state index contributed by atoms with van der Waals surface area (Å²) in [5, 5.41) is -0.0156. The molecule has 21 heavy (non-hydrogen) atoms. The van der Waals surface area contributed by atoms with Crippen molar-refractivity contribution in [2.75, 3.05) is 12.0 Å². The SMILES string of the molecule is COc1ccc(C2SC(C)C(=O)N2c2ccccc2)cc1. The summed E-state index contributed by atoms with van der Waals surface area (Å²) in [5.41, 5.74) is 2.06. The van der Waals surface area contributed by atoms with Crippen LogP contribution in [0.15, 0.2) is 54.6 Å². The number of thioether (sulfide) groups is 1. The normalized spacial score (nSPS) is 21.6. The topological polar surface area (TPSA) is 29.5 Å². The Labute approximate surface area is 128 Å². The van der Waals surface area contributed by atoms with Gasteiger partial charge in [0, 0.05) is 5.69 Å². The van der Waals surface area contributed by atoms with Crippen LogP contribution in [0.1, 0.15) is 17.9 Å². The maximum Gasteiger partial charge on any atom is 0.241 e. The Bertz CT molecular complexity index is 627. The minimum Gasteiger partial charge on any atom is -0.497 e. The molecule has 1 fully saturated rings. The van der Waals surface area contributed by atoms with Crippen molar-refractivity contribution in [2.45, 2.75) is 17.5 Å². The number of carbonyl (C=O) groups excluding carboxylic acids is 1. The molecule has 108 valence electrons. The lowest BCUT2D eigenvalue weighted by Crippen LogP contribution is -2.29. The van der Waals surface area contributed by atoms with Crippen LogP contribution >= 0.6 is 11.8 Å². The largest absolute Gasteiger partial charge is 0.497 e. The monoisotopic (exact) mass is 299 g/mol. The number of hydrogen-bond donors (Lipinski definition) is 0. The molecule has 3 nitrogen and oxygen atoms in total. The number of rotatable bonds is 3. The van der Waals surface area contributed by atoms with E-state index in [1.54, 1.807) is 18.9 Å². The molecule has 1 saturated heterocycles. The van der Waals surface area contributed by atoms with Crippen LogP contribution in [0.25, 0.3) is 0 Å². The van der Waals surface area contributed by atoms with Crippen molar-refractivity contribution in [1.29, 1.82) is 0 Å². The van der Waals surface area contributed by atoms with Gasteiger partial charge < -0.3 is 4.74 Å².